The van der Waals surface area contributed by atoms with Crippen LogP contribution in [0.15, 0.2) is 0 Å². The Balaban J connectivity index is 0. The number of methoxy groups -OCH3 is 3. The number of hydrogen-bond donors (Lipinski definition) is 0. The predicted molar refractivity (Wildman–Crippen MR) is 132 cm³/mol. The molecule has 0 aromatic heterocycles. The molecule has 190 valence electrons. The van der Waals surface area contributed by atoms with Crippen molar-refractivity contribution < 1.29 is 27.5 Å². The SMILES string of the molecule is CCCCCCCCC(CCCCl)C(OC)(OC)OC.CO[Si](CCCCl)(OC)OC. The van der Waals surface area contributed by atoms with Crippen LogP contribution in [0.5, 0.6) is 0 Å². The van der Waals surface area contributed by atoms with Crippen molar-refractivity contribution in [2.24, 2.45) is 5.92 Å². The van der Waals surface area contributed by atoms with Gasteiger partial charge in [0.15, 0.2) is 0 Å². The van der Waals surface area contributed by atoms with E-state index in [4.69, 9.17) is 50.7 Å². The molecule has 0 amide bonds. The van der Waals surface area contributed by atoms with E-state index >= 15 is 0 Å². The monoisotopic (exact) mass is 506 g/mol. The molecular weight excluding hydrogens is 459 g/mol. The first kappa shape index (κ1) is 33.7. The normalized spacial score (nSPS) is 13.1. The van der Waals surface area contributed by atoms with Crippen molar-refractivity contribution in [2.45, 2.75) is 83.1 Å². The topological polar surface area (TPSA) is 55.4 Å². The predicted octanol–water partition coefficient (Wildman–Crippen LogP) is 6.46. The second-order valence-electron chi connectivity index (χ2n) is 7.39. The number of unbranched alkanes of at least 4 members (excludes halogenated alkanes) is 5. The summed E-state index contributed by atoms with van der Waals surface area (Å²) < 4.78 is 32.0. The molecule has 0 radical (unpaired) electrons. The lowest BCUT2D eigenvalue weighted by molar-refractivity contribution is -0.380. The van der Waals surface area contributed by atoms with Crippen molar-refractivity contribution in [3.05, 3.63) is 0 Å². The zero-order valence-corrected chi connectivity index (χ0v) is 23.5. The Morgan fingerprint density at radius 1 is 0.645 bits per heavy atom. The van der Waals surface area contributed by atoms with E-state index < -0.39 is 14.8 Å². The van der Waals surface area contributed by atoms with E-state index in [1.165, 1.54) is 38.5 Å². The summed E-state index contributed by atoms with van der Waals surface area (Å²) in [7, 11) is 7.41. The van der Waals surface area contributed by atoms with Crippen LogP contribution in [0.4, 0.5) is 0 Å². The Bertz CT molecular complexity index is 355. The minimum atomic E-state index is -2.32. The molecule has 1 atom stereocenters. The highest BCUT2D eigenvalue weighted by Gasteiger charge is 2.39. The molecule has 0 aromatic carbocycles. The van der Waals surface area contributed by atoms with Crippen LogP contribution >= 0.6 is 23.2 Å². The van der Waals surface area contributed by atoms with Crippen LogP contribution < -0.4 is 0 Å². The fourth-order valence-electron chi connectivity index (χ4n) is 3.58. The zero-order valence-electron chi connectivity index (χ0n) is 21.0. The second kappa shape index (κ2) is 22.4. The van der Waals surface area contributed by atoms with Gasteiger partial charge in [-0.1, -0.05) is 45.4 Å². The lowest BCUT2D eigenvalue weighted by Gasteiger charge is -2.36. The van der Waals surface area contributed by atoms with Crippen LogP contribution in [0, 0.1) is 5.92 Å². The number of ether oxygens (including phenoxy) is 3. The van der Waals surface area contributed by atoms with E-state index in [2.05, 4.69) is 6.92 Å². The summed E-state index contributed by atoms with van der Waals surface area (Å²) in [6.07, 6.45) is 11.6. The molecule has 0 aromatic rings. The van der Waals surface area contributed by atoms with Crippen molar-refractivity contribution in [1.29, 1.82) is 0 Å². The van der Waals surface area contributed by atoms with Crippen LogP contribution in [0.25, 0.3) is 0 Å². The van der Waals surface area contributed by atoms with Crippen molar-refractivity contribution in [3.8, 4) is 0 Å². The molecule has 0 aliphatic carbocycles. The highest BCUT2D eigenvalue weighted by atomic mass is 35.5. The van der Waals surface area contributed by atoms with E-state index in [0.717, 1.165) is 31.7 Å². The Morgan fingerprint density at radius 2 is 1.10 bits per heavy atom. The molecular formula is C22H48Cl2O6Si. The van der Waals surface area contributed by atoms with Gasteiger partial charge in [-0.3, -0.25) is 0 Å². The average molecular weight is 508 g/mol. The molecule has 9 heteroatoms. The maximum atomic E-state index is 5.82. The Hall–Kier alpha value is 0.557. The third kappa shape index (κ3) is 14.4. The van der Waals surface area contributed by atoms with Crippen molar-refractivity contribution in [3.63, 3.8) is 0 Å². The van der Waals surface area contributed by atoms with Crippen molar-refractivity contribution in [1.82, 2.24) is 0 Å². The maximum absolute atomic E-state index is 5.82. The average Bonchev–Trinajstić information content (AvgIpc) is 2.82. The van der Waals surface area contributed by atoms with Gasteiger partial charge in [0.2, 0.25) is 0 Å². The van der Waals surface area contributed by atoms with E-state index in [1.54, 1.807) is 42.7 Å². The summed E-state index contributed by atoms with van der Waals surface area (Å²) in [5.74, 6) is 0.591. The summed E-state index contributed by atoms with van der Waals surface area (Å²) in [6.45, 7) is 2.24. The van der Waals surface area contributed by atoms with Crippen LogP contribution in [-0.4, -0.2) is 69.2 Å². The zero-order chi connectivity index (χ0) is 24.0. The van der Waals surface area contributed by atoms with Gasteiger partial charge in [-0.2, -0.15) is 0 Å². The van der Waals surface area contributed by atoms with Crippen LogP contribution in [0.1, 0.15) is 71.1 Å². The third-order valence-electron chi connectivity index (χ3n) is 5.50. The first-order valence-electron chi connectivity index (χ1n) is 11.4. The van der Waals surface area contributed by atoms with Gasteiger partial charge < -0.3 is 27.5 Å². The minimum Gasteiger partial charge on any atom is -0.377 e. The summed E-state index contributed by atoms with van der Waals surface area (Å²) in [5.41, 5.74) is 0. The standard InChI is InChI=1S/C16H33ClO3.C6H15ClO3Si/c1-5-6-7-8-9-10-12-15(13-11-14-17)16(18-2,19-3)20-4;1-8-11(9-2,10-3)6-4-5-7/h15H,5-14H2,1-4H3;4-6H2,1-3H3. The summed E-state index contributed by atoms with van der Waals surface area (Å²) in [5, 5.41) is 0. The molecule has 0 saturated carbocycles. The number of alkyl halides is 2. The van der Waals surface area contributed by atoms with Crippen LogP contribution in [0.2, 0.25) is 6.04 Å². The van der Waals surface area contributed by atoms with Gasteiger partial charge in [-0.05, 0) is 25.7 Å². The molecule has 0 aliphatic heterocycles. The first-order chi connectivity index (χ1) is 14.9. The smallest absolute Gasteiger partial charge is 0.377 e. The van der Waals surface area contributed by atoms with Gasteiger partial charge in [-0.25, -0.2) is 0 Å². The molecule has 0 N–H and O–H groups in total. The van der Waals surface area contributed by atoms with Gasteiger partial charge in [0.05, 0.1) is 0 Å². The van der Waals surface area contributed by atoms with E-state index in [9.17, 15) is 0 Å². The Kier molecular flexibility index (Phi) is 24.3. The van der Waals surface area contributed by atoms with Gasteiger partial charge in [0.25, 0.3) is 5.97 Å². The lowest BCUT2D eigenvalue weighted by atomic mass is 9.93. The first-order valence-corrected chi connectivity index (χ1v) is 14.4. The molecule has 0 saturated heterocycles. The molecule has 0 spiro atoms. The van der Waals surface area contributed by atoms with Crippen LogP contribution in [-0.2, 0) is 27.5 Å². The maximum Gasteiger partial charge on any atom is 0.500 e. The quantitative estimate of drug-likeness (QED) is 0.0816. The molecule has 0 bridgehead atoms. The van der Waals surface area contributed by atoms with Gasteiger partial charge in [-0.15, -0.1) is 23.2 Å². The minimum absolute atomic E-state index is 0.229. The van der Waals surface area contributed by atoms with Gasteiger partial charge >= 0.3 is 8.80 Å². The summed E-state index contributed by atoms with van der Waals surface area (Å²) in [6, 6.07) is 0.778. The number of halogens is 2. The van der Waals surface area contributed by atoms with Crippen molar-refractivity contribution >= 4 is 32.0 Å². The third-order valence-corrected chi connectivity index (χ3v) is 8.86. The molecule has 0 heterocycles. The fourth-order valence-corrected chi connectivity index (χ4v) is 5.82. The Labute approximate surface area is 202 Å². The highest BCUT2D eigenvalue weighted by Crippen LogP contribution is 2.32. The van der Waals surface area contributed by atoms with E-state index in [0.29, 0.717) is 11.8 Å². The van der Waals surface area contributed by atoms with Crippen LogP contribution in [0.3, 0.4) is 0 Å². The van der Waals surface area contributed by atoms with Crippen molar-refractivity contribution in [2.75, 3.05) is 54.4 Å². The molecule has 0 aliphatic rings. The second-order valence-corrected chi connectivity index (χ2v) is 11.2. The summed E-state index contributed by atoms with van der Waals surface area (Å²) in [4.78, 5) is 0. The number of hydrogen-bond acceptors (Lipinski definition) is 6. The molecule has 0 rings (SSSR count). The lowest BCUT2D eigenvalue weighted by Crippen LogP contribution is -2.44. The fraction of sp³-hybridized carbons (Fsp3) is 1.00. The molecule has 6 nitrogen and oxygen atoms in total. The van der Waals surface area contributed by atoms with Gasteiger partial charge in [0, 0.05) is 66.4 Å². The molecule has 1 unspecified atom stereocenters. The Morgan fingerprint density at radius 3 is 1.52 bits per heavy atom. The molecule has 0 fully saturated rings. The van der Waals surface area contributed by atoms with Gasteiger partial charge in [0.1, 0.15) is 0 Å². The molecule has 31 heavy (non-hydrogen) atoms. The van der Waals surface area contributed by atoms with E-state index in [-0.39, 0.29) is 5.92 Å². The highest BCUT2D eigenvalue weighted by molar-refractivity contribution is 6.60. The van der Waals surface area contributed by atoms with E-state index in [1.807, 2.05) is 0 Å². The number of rotatable bonds is 20. The summed E-state index contributed by atoms with van der Waals surface area (Å²) >= 11 is 11.4. The largest absolute Gasteiger partial charge is 0.500 e.